The first-order valence-electron chi connectivity index (χ1n) is 11.8. The third-order valence-electron chi connectivity index (χ3n) is 6.77. The minimum Gasteiger partial charge on any atom is -0.336 e. The molecule has 2 aromatic heterocycles. The Balaban J connectivity index is 1.35. The molecule has 2 aromatic carbocycles. The van der Waals surface area contributed by atoms with Gasteiger partial charge in [-0.3, -0.25) is 9.59 Å². The fourth-order valence-electron chi connectivity index (χ4n) is 4.92. The van der Waals surface area contributed by atoms with Gasteiger partial charge in [0.25, 0.3) is 5.91 Å². The van der Waals surface area contributed by atoms with Crippen LogP contribution in [0.4, 0.5) is 0 Å². The predicted octanol–water partition coefficient (Wildman–Crippen LogP) is 5.23. The van der Waals surface area contributed by atoms with Crippen molar-refractivity contribution in [1.29, 1.82) is 0 Å². The van der Waals surface area contributed by atoms with E-state index in [-0.39, 0.29) is 23.9 Å². The van der Waals surface area contributed by atoms with Gasteiger partial charge in [0.1, 0.15) is 10.5 Å². The van der Waals surface area contributed by atoms with Gasteiger partial charge >= 0.3 is 0 Å². The lowest BCUT2D eigenvalue weighted by atomic mass is 10.1. The Kier molecular flexibility index (Phi) is 6.24. The molecule has 5 rings (SSSR count). The van der Waals surface area contributed by atoms with Gasteiger partial charge in [0.2, 0.25) is 5.91 Å². The lowest BCUT2D eigenvalue weighted by Gasteiger charge is -2.40. The van der Waals surface area contributed by atoms with E-state index in [1.807, 2.05) is 71.3 Å². The summed E-state index contributed by atoms with van der Waals surface area (Å²) in [6.45, 7) is 5.82. The molecule has 5 nitrogen and oxygen atoms in total. The molecule has 0 saturated carbocycles. The van der Waals surface area contributed by atoms with E-state index in [4.69, 9.17) is 0 Å². The average molecular weight is 472 g/mol. The van der Waals surface area contributed by atoms with Crippen molar-refractivity contribution in [3.05, 3.63) is 95.0 Å². The van der Waals surface area contributed by atoms with E-state index in [0.717, 1.165) is 21.5 Å². The molecule has 1 aliphatic heterocycles. The molecule has 2 atom stereocenters. The fourth-order valence-corrected chi connectivity index (χ4v) is 5.90. The van der Waals surface area contributed by atoms with Crippen LogP contribution in [0.25, 0.3) is 10.2 Å². The highest BCUT2D eigenvalue weighted by Gasteiger charge is 2.32. The topological polar surface area (TPSA) is 45.6 Å². The maximum Gasteiger partial charge on any atom is 0.270 e. The Bertz CT molecular complexity index is 1300. The lowest BCUT2D eigenvalue weighted by Crippen LogP contribution is -2.56. The summed E-state index contributed by atoms with van der Waals surface area (Å²) in [7, 11) is 0. The smallest absolute Gasteiger partial charge is 0.270 e. The Morgan fingerprint density at radius 1 is 1.00 bits per heavy atom. The van der Waals surface area contributed by atoms with Gasteiger partial charge in [-0.05, 0) is 42.5 Å². The Morgan fingerprint density at radius 3 is 2.41 bits per heavy atom. The first-order chi connectivity index (χ1) is 16.5. The van der Waals surface area contributed by atoms with Crippen LogP contribution in [0, 0.1) is 0 Å². The fraction of sp³-hybridized carbons (Fsp3) is 0.286. The first-order valence-corrected chi connectivity index (χ1v) is 12.7. The second kappa shape index (κ2) is 9.47. The average Bonchev–Trinajstić information content (AvgIpc) is 3.45. The van der Waals surface area contributed by atoms with Crippen molar-refractivity contribution < 1.29 is 9.59 Å². The molecule has 0 radical (unpaired) electrons. The van der Waals surface area contributed by atoms with Crippen LogP contribution in [0.5, 0.6) is 0 Å². The lowest BCUT2D eigenvalue weighted by molar-refractivity contribution is -0.134. The summed E-state index contributed by atoms with van der Waals surface area (Å²) in [6, 6.07) is 24.3. The molecular formula is C28H29N3O2S. The maximum absolute atomic E-state index is 13.7. The van der Waals surface area contributed by atoms with Gasteiger partial charge < -0.3 is 14.4 Å². The zero-order valence-corrected chi connectivity index (χ0v) is 20.4. The number of benzene rings is 2. The number of nitrogens with zero attached hydrogens (tertiary/aromatic N) is 3. The maximum atomic E-state index is 13.7. The number of carbonyl (C=O) groups excluding carboxylic acids is 2. The van der Waals surface area contributed by atoms with Crippen LogP contribution in [-0.4, -0.2) is 51.9 Å². The van der Waals surface area contributed by atoms with Crippen LogP contribution < -0.4 is 0 Å². The molecule has 0 aliphatic carbocycles. The quantitative estimate of drug-likeness (QED) is 0.400. The van der Waals surface area contributed by atoms with Gasteiger partial charge in [-0.1, -0.05) is 60.7 Å². The summed E-state index contributed by atoms with van der Waals surface area (Å²) >= 11 is 1.67. The monoisotopic (exact) mass is 471 g/mol. The minimum atomic E-state index is -0.0232. The molecule has 1 fully saturated rings. The van der Waals surface area contributed by atoms with Gasteiger partial charge in [-0.2, -0.15) is 0 Å². The number of amides is 2. The van der Waals surface area contributed by atoms with Crippen molar-refractivity contribution in [2.24, 2.45) is 0 Å². The Labute approximate surface area is 204 Å². The molecule has 3 heterocycles. The Morgan fingerprint density at radius 2 is 1.71 bits per heavy atom. The highest BCUT2D eigenvalue weighted by molar-refractivity contribution is 7.16. The second-order valence-corrected chi connectivity index (χ2v) is 9.91. The second-order valence-electron chi connectivity index (χ2n) is 9.02. The molecule has 0 spiro atoms. The molecule has 0 bridgehead atoms. The summed E-state index contributed by atoms with van der Waals surface area (Å²) in [6.07, 6.45) is 0.396. The number of hydrogen-bond acceptors (Lipinski definition) is 3. The standard InChI is InChI=1S/C28H29N3O2S/c1-20-19-29(14-15-30(20)26(32)17-22-9-5-3-6-10-22)27(33)25-18-24-13-16-34-28(24)31(25)21(2)23-11-7-4-8-12-23/h3-13,16,18,20-21H,14-15,17,19H2,1-2H3/t20-,21+/m1/s1. The number of rotatable bonds is 5. The predicted molar refractivity (Wildman–Crippen MR) is 137 cm³/mol. The largest absolute Gasteiger partial charge is 0.336 e. The zero-order valence-electron chi connectivity index (χ0n) is 19.6. The van der Waals surface area contributed by atoms with Gasteiger partial charge in [0.15, 0.2) is 0 Å². The molecule has 174 valence electrons. The molecule has 0 unspecified atom stereocenters. The van der Waals surface area contributed by atoms with Crippen LogP contribution in [-0.2, 0) is 11.2 Å². The highest BCUT2D eigenvalue weighted by atomic mass is 32.1. The summed E-state index contributed by atoms with van der Waals surface area (Å²) < 4.78 is 2.18. The van der Waals surface area contributed by atoms with Crippen molar-refractivity contribution in [3.63, 3.8) is 0 Å². The van der Waals surface area contributed by atoms with Crippen LogP contribution in [0.1, 0.15) is 41.5 Å². The van der Waals surface area contributed by atoms with Crippen LogP contribution in [0.15, 0.2) is 78.2 Å². The van der Waals surface area contributed by atoms with E-state index in [1.54, 1.807) is 11.3 Å². The summed E-state index contributed by atoms with van der Waals surface area (Å²) in [5, 5.41) is 3.17. The SMILES string of the molecule is C[C@@H]1CN(C(=O)c2cc3ccsc3n2[C@@H](C)c2ccccc2)CCN1C(=O)Cc1ccccc1. The molecular weight excluding hydrogens is 442 g/mol. The van der Waals surface area contributed by atoms with Gasteiger partial charge in [0, 0.05) is 31.1 Å². The number of hydrogen-bond donors (Lipinski definition) is 0. The summed E-state index contributed by atoms with van der Waals surface area (Å²) in [5.74, 6) is 0.153. The summed E-state index contributed by atoms with van der Waals surface area (Å²) in [5.41, 5.74) is 2.91. The number of carbonyl (C=O) groups is 2. The number of piperazine rings is 1. The van der Waals surface area contributed by atoms with E-state index in [1.165, 1.54) is 5.56 Å². The van der Waals surface area contributed by atoms with Crippen molar-refractivity contribution >= 4 is 33.4 Å². The highest BCUT2D eigenvalue weighted by Crippen LogP contribution is 2.32. The van der Waals surface area contributed by atoms with Gasteiger partial charge in [-0.15, -0.1) is 11.3 Å². The molecule has 6 heteroatoms. The van der Waals surface area contributed by atoms with Gasteiger partial charge in [0.05, 0.1) is 12.5 Å². The van der Waals surface area contributed by atoms with Crippen molar-refractivity contribution in [2.45, 2.75) is 32.4 Å². The van der Waals surface area contributed by atoms with E-state index >= 15 is 0 Å². The molecule has 2 amide bonds. The van der Waals surface area contributed by atoms with Gasteiger partial charge in [-0.25, -0.2) is 0 Å². The number of fused-ring (bicyclic) bond motifs is 1. The Hall–Kier alpha value is -3.38. The van der Waals surface area contributed by atoms with E-state index in [9.17, 15) is 9.59 Å². The third-order valence-corrected chi connectivity index (χ3v) is 7.69. The number of thiophene rings is 1. The van der Waals surface area contributed by atoms with Crippen LogP contribution >= 0.6 is 11.3 Å². The van der Waals surface area contributed by atoms with Crippen LogP contribution in [0.2, 0.25) is 0 Å². The van der Waals surface area contributed by atoms with Crippen molar-refractivity contribution in [2.75, 3.05) is 19.6 Å². The zero-order chi connectivity index (χ0) is 23.7. The summed E-state index contributed by atoms with van der Waals surface area (Å²) in [4.78, 5) is 31.6. The third kappa shape index (κ3) is 4.26. The first kappa shape index (κ1) is 22.4. The number of aromatic nitrogens is 1. The van der Waals surface area contributed by atoms with Crippen molar-refractivity contribution in [3.8, 4) is 0 Å². The molecule has 1 saturated heterocycles. The van der Waals surface area contributed by atoms with Crippen LogP contribution in [0.3, 0.4) is 0 Å². The molecule has 1 aliphatic rings. The molecule has 34 heavy (non-hydrogen) atoms. The molecule has 4 aromatic rings. The van der Waals surface area contributed by atoms with E-state index < -0.39 is 0 Å². The minimum absolute atomic E-state index is 0.0232. The normalized spacial score (nSPS) is 17.2. The van der Waals surface area contributed by atoms with Crippen molar-refractivity contribution in [1.82, 2.24) is 14.4 Å². The van der Waals surface area contributed by atoms with E-state index in [0.29, 0.717) is 26.1 Å². The van der Waals surface area contributed by atoms with E-state index in [2.05, 4.69) is 35.1 Å². The molecule has 0 N–H and O–H groups in total.